The van der Waals surface area contributed by atoms with Gasteiger partial charge in [0.25, 0.3) is 0 Å². The number of carbonyl (C=O) groups excluding carboxylic acids is 4. The number of rotatable bonds is 13. The first-order valence-corrected chi connectivity index (χ1v) is 13.9. The third-order valence-corrected chi connectivity index (χ3v) is 8.59. The molecule has 2 saturated carbocycles. The number of unbranched alkanes of at least 4 members (excludes halogenated alkanes) is 3. The van der Waals surface area contributed by atoms with Crippen molar-refractivity contribution in [2.24, 2.45) is 41.6 Å². The van der Waals surface area contributed by atoms with E-state index in [9.17, 15) is 19.2 Å². The van der Waals surface area contributed by atoms with Crippen LogP contribution in [0.4, 0.5) is 0 Å². The molecule has 0 heterocycles. The van der Waals surface area contributed by atoms with Crippen LogP contribution in [0.15, 0.2) is 20.0 Å². The Balaban J connectivity index is 2.03. The molecule has 0 aromatic heterocycles. The Bertz CT molecular complexity index is 949. The van der Waals surface area contributed by atoms with Crippen molar-refractivity contribution in [1.82, 2.24) is 0 Å². The summed E-state index contributed by atoms with van der Waals surface area (Å²) in [5.74, 6) is 0. The van der Waals surface area contributed by atoms with Crippen molar-refractivity contribution in [3.63, 3.8) is 0 Å². The monoisotopic (exact) mass is 526 g/mol. The van der Waals surface area contributed by atoms with Crippen LogP contribution in [-0.4, -0.2) is 48.5 Å². The first kappa shape index (κ1) is 31.7. The van der Waals surface area contributed by atoms with Crippen LogP contribution in [0, 0.1) is 21.7 Å². The van der Waals surface area contributed by atoms with Gasteiger partial charge in [-0.25, -0.2) is 29.2 Å². The summed E-state index contributed by atoms with van der Waals surface area (Å²) < 4.78 is 0. The second-order valence-electron chi connectivity index (χ2n) is 14.6. The van der Waals surface area contributed by atoms with Crippen LogP contribution in [-0.2, 0) is 19.2 Å². The highest BCUT2D eigenvalue weighted by Crippen LogP contribution is 2.55. The Morgan fingerprint density at radius 3 is 1.18 bits per heavy atom. The van der Waals surface area contributed by atoms with Gasteiger partial charge in [-0.05, 0) is 73.0 Å². The maximum Gasteiger partial charge on any atom is 0.235 e. The fourth-order valence-electron chi connectivity index (χ4n) is 8.80. The number of hydrogen-bond donors (Lipinski definition) is 0. The zero-order valence-electron chi connectivity index (χ0n) is 24.3. The van der Waals surface area contributed by atoms with Crippen molar-refractivity contribution in [3.05, 3.63) is 0 Å². The zero-order chi connectivity index (χ0) is 28.6. The van der Waals surface area contributed by atoms with Gasteiger partial charge in [0.15, 0.2) is 0 Å². The Morgan fingerprint density at radius 1 is 0.500 bits per heavy atom. The molecule has 4 atom stereocenters. The van der Waals surface area contributed by atoms with Gasteiger partial charge in [-0.3, -0.25) is 0 Å². The van der Waals surface area contributed by atoms with E-state index in [-0.39, 0.29) is 21.7 Å². The lowest BCUT2D eigenvalue weighted by Crippen LogP contribution is -2.47. The van der Waals surface area contributed by atoms with Crippen LogP contribution < -0.4 is 0 Å². The second kappa shape index (κ2) is 12.6. The van der Waals surface area contributed by atoms with Gasteiger partial charge in [0.1, 0.15) is 0 Å². The van der Waals surface area contributed by atoms with E-state index in [2.05, 4.69) is 61.5 Å². The molecular weight excluding hydrogens is 480 g/mol. The normalized spacial score (nSPS) is 33.5. The lowest BCUT2D eigenvalue weighted by atomic mass is 9.56. The minimum Gasteiger partial charge on any atom is -0.211 e. The van der Waals surface area contributed by atoms with Crippen molar-refractivity contribution in [2.45, 2.75) is 130 Å². The number of nitrogens with zero attached hydrogens (tertiary/aromatic N) is 4. The first-order valence-electron chi connectivity index (χ1n) is 13.9. The van der Waals surface area contributed by atoms with Crippen LogP contribution in [0.25, 0.3) is 0 Å². The molecule has 0 saturated heterocycles. The molecule has 0 aromatic rings. The predicted molar refractivity (Wildman–Crippen MR) is 147 cm³/mol. The predicted octanol–water partition coefficient (Wildman–Crippen LogP) is 6.58. The molecular formula is C30H46N4O4. The van der Waals surface area contributed by atoms with E-state index < -0.39 is 11.1 Å². The molecule has 8 heteroatoms. The molecule has 0 aliphatic heterocycles. The van der Waals surface area contributed by atoms with Gasteiger partial charge in [0.2, 0.25) is 24.3 Å². The quantitative estimate of drug-likeness (QED) is 0.153. The standard InChI is InChI=1S/C30H46N4O4/c1-25(2)13-27(5,19-31-21-35)17-29(15-25,33-23-37)11-9-7-8-10-12-30(34-24-38)16-26(3,4)14-28(6,18-30)20-32-22-36/h7-20H2,1-6H3. The average Bonchev–Trinajstić information content (AvgIpc) is 2.76. The highest BCUT2D eigenvalue weighted by atomic mass is 16.1. The maximum absolute atomic E-state index is 11.4. The molecule has 2 aliphatic carbocycles. The fourth-order valence-corrected chi connectivity index (χ4v) is 8.80. The van der Waals surface area contributed by atoms with E-state index in [0.717, 1.165) is 64.2 Å². The van der Waals surface area contributed by atoms with Crippen LogP contribution in [0.3, 0.4) is 0 Å². The second-order valence-corrected chi connectivity index (χ2v) is 14.6. The minimum atomic E-state index is -0.492. The Kier molecular flexibility index (Phi) is 10.5. The molecule has 0 aromatic carbocycles. The summed E-state index contributed by atoms with van der Waals surface area (Å²) in [5.41, 5.74) is -1.47. The SMILES string of the molecule is CC1(C)CC(C)(CN=C=O)CC(CCCCCCC2(N=C=O)CC(C)(C)CC(C)(CN=C=O)C2)(N=C=O)C1. The Labute approximate surface area is 228 Å². The number of hydrogen-bond acceptors (Lipinski definition) is 8. The number of isocyanates is 4. The van der Waals surface area contributed by atoms with Crippen molar-refractivity contribution < 1.29 is 19.2 Å². The summed E-state index contributed by atoms with van der Waals surface area (Å²) in [4.78, 5) is 60.9. The van der Waals surface area contributed by atoms with Gasteiger partial charge < -0.3 is 0 Å². The first-order chi connectivity index (χ1) is 17.7. The molecule has 8 nitrogen and oxygen atoms in total. The molecule has 0 amide bonds. The summed E-state index contributed by atoms with van der Waals surface area (Å²) >= 11 is 0. The highest BCUT2D eigenvalue weighted by Gasteiger charge is 2.50. The third kappa shape index (κ3) is 9.07. The van der Waals surface area contributed by atoms with E-state index in [4.69, 9.17) is 0 Å². The number of aliphatic imine (C=N–C) groups is 4. The molecule has 4 unspecified atom stereocenters. The molecule has 2 aliphatic rings. The molecule has 210 valence electrons. The largest absolute Gasteiger partial charge is 0.235 e. The van der Waals surface area contributed by atoms with Crippen molar-refractivity contribution in [1.29, 1.82) is 0 Å². The van der Waals surface area contributed by atoms with E-state index in [1.54, 1.807) is 12.2 Å². The fraction of sp³-hybridized carbons (Fsp3) is 0.867. The van der Waals surface area contributed by atoms with Crippen molar-refractivity contribution in [3.8, 4) is 0 Å². The van der Waals surface area contributed by atoms with Gasteiger partial charge in [-0.1, -0.05) is 67.2 Å². The van der Waals surface area contributed by atoms with Gasteiger partial charge in [0.05, 0.1) is 24.2 Å². The molecule has 0 radical (unpaired) electrons. The van der Waals surface area contributed by atoms with Gasteiger partial charge in [0, 0.05) is 0 Å². The zero-order valence-corrected chi connectivity index (χ0v) is 24.3. The average molecular weight is 527 g/mol. The lowest BCUT2D eigenvalue weighted by molar-refractivity contribution is 0.0361. The smallest absolute Gasteiger partial charge is 0.211 e. The summed E-state index contributed by atoms with van der Waals surface area (Å²) in [5, 5.41) is 0. The molecule has 2 rings (SSSR count). The summed E-state index contributed by atoms with van der Waals surface area (Å²) in [6, 6.07) is 0. The van der Waals surface area contributed by atoms with E-state index in [1.165, 1.54) is 0 Å². The lowest BCUT2D eigenvalue weighted by Gasteiger charge is -2.50. The molecule has 0 spiro atoms. The topological polar surface area (TPSA) is 118 Å². The van der Waals surface area contributed by atoms with Crippen LogP contribution >= 0.6 is 0 Å². The molecule has 0 N–H and O–H groups in total. The van der Waals surface area contributed by atoms with Crippen molar-refractivity contribution in [2.75, 3.05) is 13.1 Å². The van der Waals surface area contributed by atoms with Crippen LogP contribution in [0.1, 0.15) is 119 Å². The summed E-state index contributed by atoms with van der Waals surface area (Å²) in [6.45, 7) is 13.8. The van der Waals surface area contributed by atoms with Crippen LogP contribution in [0.2, 0.25) is 0 Å². The highest BCUT2D eigenvalue weighted by molar-refractivity contribution is 5.36. The minimum absolute atomic E-state index is 0.0285. The Morgan fingerprint density at radius 2 is 0.868 bits per heavy atom. The van der Waals surface area contributed by atoms with Crippen molar-refractivity contribution >= 4 is 24.3 Å². The van der Waals surface area contributed by atoms with E-state index in [0.29, 0.717) is 25.9 Å². The van der Waals surface area contributed by atoms with Gasteiger partial charge in [-0.15, -0.1) is 0 Å². The van der Waals surface area contributed by atoms with Crippen LogP contribution in [0.5, 0.6) is 0 Å². The molecule has 38 heavy (non-hydrogen) atoms. The van der Waals surface area contributed by atoms with Gasteiger partial charge in [-0.2, -0.15) is 9.98 Å². The summed E-state index contributed by atoms with van der Waals surface area (Å²) in [7, 11) is 0. The molecule has 0 bridgehead atoms. The Hall–Kier alpha value is -2.48. The molecule has 2 fully saturated rings. The van der Waals surface area contributed by atoms with E-state index >= 15 is 0 Å². The van der Waals surface area contributed by atoms with Gasteiger partial charge >= 0.3 is 0 Å². The summed E-state index contributed by atoms with van der Waals surface area (Å²) in [6.07, 6.45) is 17.3. The third-order valence-electron chi connectivity index (χ3n) is 8.59. The maximum atomic E-state index is 11.4. The van der Waals surface area contributed by atoms with E-state index in [1.807, 2.05) is 12.2 Å².